The highest BCUT2D eigenvalue weighted by Gasteiger charge is 2.44. The van der Waals surface area contributed by atoms with Crippen LogP contribution >= 0.6 is 0 Å². The molecule has 0 aliphatic carbocycles. The molecule has 1 heterocycles. The summed E-state index contributed by atoms with van der Waals surface area (Å²) in [5, 5.41) is 21.6. The minimum absolute atomic E-state index is 0.0446. The quantitative estimate of drug-likeness (QED) is 0.736. The maximum absolute atomic E-state index is 12.2. The molecule has 0 saturated carbocycles. The Morgan fingerprint density at radius 1 is 1.45 bits per heavy atom. The number of ether oxygens (including phenoxy) is 2. The number of carbonyl (C=O) groups excluding carboxylic acids is 1. The zero-order valence-corrected chi connectivity index (χ0v) is 10.9. The van der Waals surface area contributed by atoms with Crippen LogP contribution in [0.4, 0.5) is 0 Å². The number of phenols is 1. The van der Waals surface area contributed by atoms with Crippen LogP contribution in [-0.2, 0) is 9.53 Å². The lowest BCUT2D eigenvalue weighted by atomic mass is 9.98. The summed E-state index contributed by atoms with van der Waals surface area (Å²) in [5.41, 5.74) is -1.50. The van der Waals surface area contributed by atoms with Crippen molar-refractivity contribution < 1.29 is 29.3 Å². The van der Waals surface area contributed by atoms with Gasteiger partial charge < -0.3 is 25.0 Å². The van der Waals surface area contributed by atoms with Gasteiger partial charge in [-0.05, 0) is 12.1 Å². The second-order valence-electron chi connectivity index (χ2n) is 4.50. The second-order valence-corrected chi connectivity index (χ2v) is 4.50. The van der Waals surface area contributed by atoms with Gasteiger partial charge in [0.1, 0.15) is 0 Å². The third-order valence-electron chi connectivity index (χ3n) is 3.25. The first-order valence-electron chi connectivity index (χ1n) is 6.00. The number of amides is 1. The molecule has 1 aromatic rings. The molecule has 7 nitrogen and oxygen atoms in total. The second kappa shape index (κ2) is 5.38. The number of hydrogen-bond acceptors (Lipinski definition) is 5. The van der Waals surface area contributed by atoms with Gasteiger partial charge in [-0.3, -0.25) is 4.79 Å². The molecule has 2 rings (SSSR count). The number of phenolic OH excluding ortho intramolecular Hbond substituents is 1. The molecule has 1 atom stereocenters. The van der Waals surface area contributed by atoms with Crippen molar-refractivity contribution in [1.29, 1.82) is 0 Å². The average molecular weight is 281 g/mol. The molecule has 1 amide bonds. The summed E-state index contributed by atoms with van der Waals surface area (Å²) in [6, 6.07) is 4.42. The number of nitrogens with one attached hydrogen (secondary N) is 1. The minimum Gasteiger partial charge on any atom is -0.504 e. The van der Waals surface area contributed by atoms with E-state index in [1.165, 1.54) is 25.3 Å². The molecule has 1 aromatic carbocycles. The lowest BCUT2D eigenvalue weighted by Crippen LogP contribution is -2.55. The van der Waals surface area contributed by atoms with Crippen LogP contribution < -0.4 is 10.1 Å². The Morgan fingerprint density at radius 3 is 2.75 bits per heavy atom. The fourth-order valence-electron chi connectivity index (χ4n) is 2.04. The van der Waals surface area contributed by atoms with Gasteiger partial charge in [-0.25, -0.2) is 4.79 Å². The molecule has 108 valence electrons. The summed E-state index contributed by atoms with van der Waals surface area (Å²) in [6.45, 7) is 0.162. The third-order valence-corrected chi connectivity index (χ3v) is 3.25. The van der Waals surface area contributed by atoms with Gasteiger partial charge in [-0.15, -0.1) is 0 Å². The van der Waals surface area contributed by atoms with E-state index in [9.17, 15) is 19.8 Å². The fourth-order valence-corrected chi connectivity index (χ4v) is 2.04. The number of aliphatic carboxylic acids is 1. The van der Waals surface area contributed by atoms with Crippen LogP contribution in [-0.4, -0.2) is 48.0 Å². The smallest absolute Gasteiger partial charge is 0.331 e. The van der Waals surface area contributed by atoms with Crippen LogP contribution in [0, 0.1) is 0 Å². The van der Waals surface area contributed by atoms with Gasteiger partial charge in [-0.2, -0.15) is 0 Å². The van der Waals surface area contributed by atoms with Crippen molar-refractivity contribution in [1.82, 2.24) is 5.32 Å². The third kappa shape index (κ3) is 2.39. The van der Waals surface area contributed by atoms with Crippen LogP contribution in [0.3, 0.4) is 0 Å². The van der Waals surface area contributed by atoms with Gasteiger partial charge in [0.2, 0.25) is 0 Å². The topological polar surface area (TPSA) is 105 Å². The number of carboxylic acid groups (broad SMARTS) is 1. The van der Waals surface area contributed by atoms with E-state index in [-0.39, 0.29) is 36.7 Å². The van der Waals surface area contributed by atoms with E-state index in [1.807, 2.05) is 0 Å². The zero-order chi connectivity index (χ0) is 14.8. The lowest BCUT2D eigenvalue weighted by Gasteiger charge is -2.24. The van der Waals surface area contributed by atoms with E-state index in [1.54, 1.807) is 0 Å². The van der Waals surface area contributed by atoms with E-state index in [0.29, 0.717) is 0 Å². The number of rotatable bonds is 4. The number of aromatic hydroxyl groups is 1. The first kappa shape index (κ1) is 14.1. The maximum Gasteiger partial charge on any atom is 0.331 e. The van der Waals surface area contributed by atoms with Gasteiger partial charge in [-0.1, -0.05) is 6.07 Å². The molecular weight excluding hydrogens is 266 g/mol. The van der Waals surface area contributed by atoms with E-state index >= 15 is 0 Å². The van der Waals surface area contributed by atoms with E-state index in [2.05, 4.69) is 5.32 Å². The summed E-state index contributed by atoms with van der Waals surface area (Å²) < 4.78 is 9.96. The Labute approximate surface area is 115 Å². The van der Waals surface area contributed by atoms with Gasteiger partial charge >= 0.3 is 5.97 Å². The average Bonchev–Trinajstić information content (AvgIpc) is 2.88. The molecule has 0 bridgehead atoms. The van der Waals surface area contributed by atoms with Crippen molar-refractivity contribution in [2.24, 2.45) is 0 Å². The van der Waals surface area contributed by atoms with Crippen molar-refractivity contribution in [2.45, 2.75) is 12.0 Å². The number of para-hydroxylation sites is 1. The molecule has 0 radical (unpaired) electrons. The summed E-state index contributed by atoms with van der Waals surface area (Å²) in [4.78, 5) is 23.5. The van der Waals surface area contributed by atoms with Gasteiger partial charge in [0.15, 0.2) is 17.0 Å². The summed E-state index contributed by atoms with van der Waals surface area (Å²) >= 11 is 0. The van der Waals surface area contributed by atoms with Gasteiger partial charge in [0.25, 0.3) is 5.91 Å². The molecule has 0 aromatic heterocycles. The van der Waals surface area contributed by atoms with E-state index in [4.69, 9.17) is 9.47 Å². The van der Waals surface area contributed by atoms with Crippen LogP contribution in [0.1, 0.15) is 16.8 Å². The molecule has 1 saturated heterocycles. The monoisotopic (exact) mass is 281 g/mol. The van der Waals surface area contributed by atoms with E-state index < -0.39 is 17.4 Å². The minimum atomic E-state index is -1.45. The van der Waals surface area contributed by atoms with Crippen LogP contribution in [0.25, 0.3) is 0 Å². The first-order valence-corrected chi connectivity index (χ1v) is 6.00. The highest BCUT2D eigenvalue weighted by atomic mass is 16.5. The Morgan fingerprint density at radius 2 is 2.20 bits per heavy atom. The fraction of sp³-hybridized carbons (Fsp3) is 0.385. The number of benzene rings is 1. The standard InChI is InChI=1S/C13H15NO6/c1-19-9-4-2-3-8(10(9)15)11(16)14-13(12(17)18)5-6-20-7-13/h2-4,15H,5-7H2,1H3,(H,14,16)(H,17,18). The number of hydrogen-bond donors (Lipinski definition) is 3. The summed E-state index contributed by atoms with van der Waals surface area (Å²) in [6.07, 6.45) is 0.179. The van der Waals surface area contributed by atoms with E-state index in [0.717, 1.165) is 0 Å². The Hall–Kier alpha value is -2.28. The molecule has 7 heteroatoms. The highest BCUT2D eigenvalue weighted by molar-refractivity contribution is 6.00. The summed E-state index contributed by atoms with van der Waals surface area (Å²) in [7, 11) is 1.36. The van der Waals surface area contributed by atoms with Crippen molar-refractivity contribution in [2.75, 3.05) is 20.3 Å². The maximum atomic E-state index is 12.2. The predicted octanol–water partition coefficient (Wildman–Crippen LogP) is 0.374. The molecule has 1 unspecified atom stereocenters. The normalized spacial score (nSPS) is 21.4. The molecule has 1 aliphatic heterocycles. The van der Waals surface area contributed by atoms with Crippen molar-refractivity contribution in [3.05, 3.63) is 23.8 Å². The molecular formula is C13H15NO6. The van der Waals surface area contributed by atoms with Crippen molar-refractivity contribution in [3.63, 3.8) is 0 Å². The SMILES string of the molecule is COc1cccc(C(=O)NC2(C(=O)O)CCOC2)c1O. The van der Waals surface area contributed by atoms with Gasteiger partial charge in [0.05, 0.1) is 19.3 Å². The Kier molecular flexibility index (Phi) is 3.80. The van der Waals surface area contributed by atoms with Crippen molar-refractivity contribution >= 4 is 11.9 Å². The van der Waals surface area contributed by atoms with Crippen LogP contribution in [0.5, 0.6) is 11.5 Å². The highest BCUT2D eigenvalue weighted by Crippen LogP contribution is 2.30. The number of carbonyl (C=O) groups is 2. The van der Waals surface area contributed by atoms with Crippen LogP contribution in [0.15, 0.2) is 18.2 Å². The number of methoxy groups -OCH3 is 1. The van der Waals surface area contributed by atoms with Gasteiger partial charge in [0, 0.05) is 13.0 Å². The first-order chi connectivity index (χ1) is 9.50. The Balaban J connectivity index is 2.26. The predicted molar refractivity (Wildman–Crippen MR) is 67.9 cm³/mol. The molecule has 0 spiro atoms. The largest absolute Gasteiger partial charge is 0.504 e. The zero-order valence-electron chi connectivity index (χ0n) is 10.9. The van der Waals surface area contributed by atoms with Crippen LogP contribution in [0.2, 0.25) is 0 Å². The molecule has 20 heavy (non-hydrogen) atoms. The molecule has 1 fully saturated rings. The molecule has 3 N–H and O–H groups in total. The Bertz CT molecular complexity index is 536. The summed E-state index contributed by atoms with van der Waals surface area (Å²) in [5.74, 6) is -2.03. The molecule has 1 aliphatic rings. The number of carboxylic acids is 1. The van der Waals surface area contributed by atoms with Crippen molar-refractivity contribution in [3.8, 4) is 11.5 Å². The lowest BCUT2D eigenvalue weighted by molar-refractivity contribution is -0.144.